The van der Waals surface area contributed by atoms with Crippen LogP contribution in [-0.2, 0) is 18.9 Å². The molecule has 0 aromatic rings. The lowest BCUT2D eigenvalue weighted by molar-refractivity contribution is -0.444. The van der Waals surface area contributed by atoms with Gasteiger partial charge in [0.1, 0.15) is 0 Å². The molecule has 1 aliphatic rings. The summed E-state index contributed by atoms with van der Waals surface area (Å²) in [5.74, 6) is -18.3. The average Bonchev–Trinajstić information content (AvgIpc) is 2.69. The number of rotatable bonds is 5. The zero-order chi connectivity index (χ0) is 24.6. The minimum absolute atomic E-state index is 0.711. The van der Waals surface area contributed by atoms with Crippen molar-refractivity contribution in [3.63, 3.8) is 0 Å². The second-order valence-corrected chi connectivity index (χ2v) is 5.79. The topological polar surface area (TPSA) is 334 Å². The van der Waals surface area contributed by atoms with Crippen LogP contribution in [0.2, 0.25) is 0 Å². The van der Waals surface area contributed by atoms with Crippen LogP contribution in [0.4, 0.5) is 19.2 Å². The summed E-state index contributed by atoms with van der Waals surface area (Å²) in [5.41, 5.74) is 6.11. The van der Waals surface area contributed by atoms with Crippen molar-refractivity contribution in [1.82, 2.24) is 10.7 Å². The van der Waals surface area contributed by atoms with Gasteiger partial charge >= 0.3 is 41.7 Å². The predicted molar refractivity (Wildman–Crippen MR) is 79.7 cm³/mol. The van der Waals surface area contributed by atoms with E-state index < -0.39 is 64.8 Å². The second kappa shape index (κ2) is 7.78. The Hall–Kier alpha value is -3.24. The lowest BCUT2D eigenvalue weighted by Gasteiger charge is -2.43. The third-order valence-electron chi connectivity index (χ3n) is 4.25. The van der Waals surface area contributed by atoms with E-state index in [1.54, 1.807) is 0 Å². The molecule has 0 aromatic heterocycles. The maximum Gasteiger partial charge on any atom is 0.460 e. The summed E-state index contributed by atoms with van der Waals surface area (Å²) >= 11 is 0. The Morgan fingerprint density at radius 3 is 1.65 bits per heavy atom. The minimum Gasteiger partial charge on any atom is -0.426 e. The number of carbonyl (C=O) groups is 4. The van der Waals surface area contributed by atoms with Gasteiger partial charge in [-0.05, 0) is 6.42 Å². The molecule has 1 rings (SSSR count). The molecule has 31 heavy (non-hydrogen) atoms. The molecule has 0 radical (unpaired) electrons. The van der Waals surface area contributed by atoms with Crippen molar-refractivity contribution in [3.8, 4) is 0 Å². The first kappa shape index (κ1) is 25.8. The number of hydrogen-bond acceptors (Lipinski definition) is 16. The number of aliphatic hydroxyl groups is 5. The number of primary amides is 2. The molecule has 0 spiro atoms. The van der Waals surface area contributed by atoms with Gasteiger partial charge < -0.3 is 55.9 Å². The van der Waals surface area contributed by atoms with E-state index in [0.717, 1.165) is 6.92 Å². The molecule has 0 bridgehead atoms. The van der Waals surface area contributed by atoms with Crippen LogP contribution in [0.3, 0.4) is 0 Å². The molecule has 0 aliphatic heterocycles. The molecule has 0 aromatic carbocycles. The van der Waals surface area contributed by atoms with Gasteiger partial charge in [-0.3, -0.25) is 15.6 Å². The van der Waals surface area contributed by atoms with Gasteiger partial charge in [0.15, 0.2) is 0 Å². The highest BCUT2D eigenvalue weighted by molar-refractivity contribution is 5.70. The highest BCUT2D eigenvalue weighted by Gasteiger charge is 2.98. The summed E-state index contributed by atoms with van der Waals surface area (Å²) in [6, 6.07) is 0. The fourth-order valence-electron chi connectivity index (χ4n) is 3.02. The highest BCUT2D eigenvalue weighted by atomic mass is 16.9. The quantitative estimate of drug-likeness (QED) is 0.0792. The molecule has 1 aliphatic carbocycles. The number of nitrogens with zero attached hydrogens (tertiary/aromatic N) is 1. The average molecular weight is 462 g/mol. The van der Waals surface area contributed by atoms with Gasteiger partial charge in [0.05, 0.1) is 0 Å². The zero-order valence-corrected chi connectivity index (χ0v) is 15.2. The van der Waals surface area contributed by atoms with Gasteiger partial charge in [-0.1, -0.05) is 12.2 Å². The van der Waals surface area contributed by atoms with Crippen LogP contribution in [0, 0.1) is 0 Å². The predicted octanol–water partition coefficient (Wildman–Crippen LogP) is -4.58. The van der Waals surface area contributed by atoms with Crippen LogP contribution in [-0.4, -0.2) is 99.5 Å². The fraction of sp³-hybridized carbons (Fsp3) is 0.636. The van der Waals surface area contributed by atoms with E-state index in [0.29, 0.717) is 5.48 Å². The van der Waals surface area contributed by atoms with Crippen LogP contribution in [0.15, 0.2) is 0 Å². The highest BCUT2D eigenvalue weighted by Crippen LogP contribution is 2.61. The Kier molecular flexibility index (Phi) is 6.48. The van der Waals surface area contributed by atoms with Crippen molar-refractivity contribution in [2.24, 2.45) is 11.5 Å². The molecule has 1 saturated carbocycles. The van der Waals surface area contributed by atoms with Gasteiger partial charge in [-0.15, -0.1) is 0 Å². The van der Waals surface area contributed by atoms with Crippen molar-refractivity contribution in [3.05, 3.63) is 0 Å². The van der Waals surface area contributed by atoms with E-state index in [2.05, 4.69) is 30.4 Å². The first-order chi connectivity index (χ1) is 13.9. The molecule has 20 heteroatoms. The maximum atomic E-state index is 11.7. The second-order valence-electron chi connectivity index (χ2n) is 5.79. The summed E-state index contributed by atoms with van der Waals surface area (Å²) < 4.78 is 16.5. The molecule has 4 atom stereocenters. The molecule has 0 heterocycles. The molecule has 0 saturated heterocycles. The summed E-state index contributed by atoms with van der Waals surface area (Å²) in [5, 5.41) is 78.3. The third kappa shape index (κ3) is 3.28. The molecule has 178 valence electrons. The Morgan fingerprint density at radius 1 is 0.839 bits per heavy atom. The van der Waals surface area contributed by atoms with Gasteiger partial charge in [-0.25, -0.2) is 24.7 Å². The van der Waals surface area contributed by atoms with Crippen LogP contribution >= 0.6 is 0 Å². The van der Waals surface area contributed by atoms with Gasteiger partial charge in [0.2, 0.25) is 5.60 Å². The van der Waals surface area contributed by atoms with Crippen molar-refractivity contribution in [2.75, 3.05) is 0 Å². The van der Waals surface area contributed by atoms with E-state index in [-0.39, 0.29) is 0 Å². The number of nitrogens with two attached hydrogens (primary N) is 2. The summed E-state index contributed by atoms with van der Waals surface area (Å²) in [4.78, 5) is 45.8. The molecule has 4 unspecified atom stereocenters. The molecule has 13 N–H and O–H groups in total. The van der Waals surface area contributed by atoms with Gasteiger partial charge in [-0.2, -0.15) is 0 Å². The van der Waals surface area contributed by atoms with Crippen molar-refractivity contribution >= 4 is 24.4 Å². The lowest BCUT2D eigenvalue weighted by Crippen LogP contribution is -2.72. The number of hydroxylamine groups is 3. The van der Waals surface area contributed by atoms with E-state index in [1.807, 2.05) is 0 Å². The first-order valence-corrected chi connectivity index (χ1v) is 7.55. The number of amides is 4. The number of nitrogens with one attached hydrogen (secondary N) is 1. The number of ether oxygens (including phenoxy) is 4. The molecular formula is C11H18N4O16. The van der Waals surface area contributed by atoms with Crippen LogP contribution in [0.25, 0.3) is 0 Å². The normalized spacial score (nSPS) is 33.7. The maximum absolute atomic E-state index is 11.7. The van der Waals surface area contributed by atoms with Crippen molar-refractivity contribution in [1.29, 1.82) is 0 Å². The SMILES string of the molecule is CCC1(OC(=O)N(O)O)C(O)(O)C(O)(OC(N)=O)C(O)(OC(N)=O)C1(O)OC(=O)NO. The standard InChI is InChI=1S/C11H18N4O16/c1-2-7(31-6(19)15(26)27)8(20,21)10(23,28-3(12)16)11(24,29-4(13)17)9(7,22)30-5(18)14-25/h20-27H,2H2,1H3,(H2,12,16)(H2,13,17)(H,14,18). The summed E-state index contributed by atoms with van der Waals surface area (Å²) in [7, 11) is 0. The fourth-order valence-corrected chi connectivity index (χ4v) is 3.02. The zero-order valence-electron chi connectivity index (χ0n) is 15.2. The molecular weight excluding hydrogens is 444 g/mol. The largest absolute Gasteiger partial charge is 0.460 e. The Balaban J connectivity index is 4.11. The van der Waals surface area contributed by atoms with Gasteiger partial charge in [0.25, 0.3) is 5.79 Å². The minimum atomic E-state index is -4.61. The van der Waals surface area contributed by atoms with Gasteiger partial charge in [0, 0.05) is 0 Å². The smallest absolute Gasteiger partial charge is 0.426 e. The summed E-state index contributed by atoms with van der Waals surface area (Å²) in [6.07, 6.45) is -10.3. The molecule has 4 amide bonds. The lowest BCUT2D eigenvalue weighted by atomic mass is 9.87. The van der Waals surface area contributed by atoms with E-state index in [1.165, 1.54) is 0 Å². The molecule has 1 fully saturated rings. The number of carbonyl (C=O) groups excluding carboxylic acids is 4. The van der Waals surface area contributed by atoms with Crippen molar-refractivity contribution in [2.45, 2.75) is 42.1 Å². The van der Waals surface area contributed by atoms with E-state index >= 15 is 0 Å². The van der Waals surface area contributed by atoms with Crippen LogP contribution in [0.5, 0.6) is 0 Å². The Morgan fingerprint density at radius 2 is 1.29 bits per heavy atom. The summed E-state index contributed by atoms with van der Waals surface area (Å²) in [6.45, 7) is 0.763. The monoisotopic (exact) mass is 462 g/mol. The molecule has 20 nitrogen and oxygen atoms in total. The van der Waals surface area contributed by atoms with E-state index in [4.69, 9.17) is 15.6 Å². The first-order valence-electron chi connectivity index (χ1n) is 7.55. The Bertz CT molecular complexity index is 775. The van der Waals surface area contributed by atoms with Crippen molar-refractivity contribution < 1.29 is 79.3 Å². The van der Waals surface area contributed by atoms with Crippen LogP contribution < -0.4 is 16.9 Å². The number of hydrogen-bond donors (Lipinski definition) is 11. The van der Waals surface area contributed by atoms with E-state index in [9.17, 15) is 44.7 Å². The third-order valence-corrected chi connectivity index (χ3v) is 4.25. The Labute approximate surface area is 169 Å². The van der Waals surface area contributed by atoms with Crippen LogP contribution in [0.1, 0.15) is 13.3 Å².